The quantitative estimate of drug-likeness (QED) is 0.502. The summed E-state index contributed by atoms with van der Waals surface area (Å²) in [7, 11) is 0. The van der Waals surface area contributed by atoms with E-state index in [2.05, 4.69) is 15.0 Å². The molecule has 1 atom stereocenters. The van der Waals surface area contributed by atoms with Crippen LogP contribution in [0.15, 0.2) is 42.9 Å². The summed E-state index contributed by atoms with van der Waals surface area (Å²) in [6.45, 7) is 4.16. The molecule has 1 N–H and O–H groups in total. The molecule has 0 radical (unpaired) electrons. The molecular weight excluding hydrogens is 490 g/mol. The first-order valence-corrected chi connectivity index (χ1v) is 12.0. The van der Waals surface area contributed by atoms with Crippen LogP contribution >= 0.6 is 11.6 Å². The van der Waals surface area contributed by atoms with Gasteiger partial charge in [-0.15, -0.1) is 0 Å². The van der Waals surface area contributed by atoms with Crippen LogP contribution in [0.2, 0.25) is 5.02 Å². The van der Waals surface area contributed by atoms with Gasteiger partial charge in [0.1, 0.15) is 35.4 Å². The molecule has 1 unspecified atom stereocenters. The van der Waals surface area contributed by atoms with Crippen molar-refractivity contribution in [2.45, 2.75) is 44.6 Å². The van der Waals surface area contributed by atoms with Crippen LogP contribution in [-0.4, -0.2) is 50.6 Å². The normalized spacial score (nSPS) is 16.0. The lowest BCUT2D eigenvalue weighted by Gasteiger charge is -2.34. The Hall–Kier alpha value is -3.17. The number of hydrogen-bond acceptors (Lipinski definition) is 6. The van der Waals surface area contributed by atoms with Gasteiger partial charge in [-0.3, -0.25) is 9.78 Å². The first-order chi connectivity index (χ1) is 17.1. The van der Waals surface area contributed by atoms with E-state index in [1.165, 1.54) is 18.5 Å². The third-order valence-corrected chi connectivity index (χ3v) is 6.55. The van der Waals surface area contributed by atoms with Crippen molar-refractivity contribution < 1.29 is 23.4 Å². The van der Waals surface area contributed by atoms with E-state index < -0.39 is 17.2 Å². The van der Waals surface area contributed by atoms with Crippen molar-refractivity contribution in [3.05, 3.63) is 82.2 Å². The highest BCUT2D eigenvalue weighted by Gasteiger charge is 2.34. The van der Waals surface area contributed by atoms with Crippen molar-refractivity contribution in [1.29, 1.82) is 0 Å². The fraction of sp³-hybridized carbons (Fsp3) is 0.385. The number of likely N-dealkylation sites (tertiary alicyclic amines) is 1. The number of nitrogens with zero attached hydrogens (tertiary/aromatic N) is 4. The Morgan fingerprint density at radius 2 is 1.92 bits per heavy atom. The molecule has 0 saturated carbocycles. The molecule has 0 bridgehead atoms. The van der Waals surface area contributed by atoms with E-state index >= 15 is 0 Å². The van der Waals surface area contributed by atoms with Gasteiger partial charge in [-0.25, -0.2) is 18.7 Å². The van der Waals surface area contributed by atoms with E-state index in [4.69, 9.17) is 16.3 Å². The Bertz CT molecular complexity index is 1230. The minimum Gasteiger partial charge on any atom is -0.489 e. The van der Waals surface area contributed by atoms with Crippen LogP contribution in [0.25, 0.3) is 0 Å². The zero-order chi connectivity index (χ0) is 25.9. The molecule has 1 aliphatic rings. The molecule has 36 heavy (non-hydrogen) atoms. The van der Waals surface area contributed by atoms with E-state index in [1.807, 2.05) is 0 Å². The molecule has 1 aromatic carbocycles. The predicted molar refractivity (Wildman–Crippen MR) is 130 cm³/mol. The number of aromatic nitrogens is 3. The molecule has 3 aromatic rings. The van der Waals surface area contributed by atoms with Crippen LogP contribution in [0.4, 0.5) is 8.78 Å². The highest BCUT2D eigenvalue weighted by Crippen LogP contribution is 2.34. The van der Waals surface area contributed by atoms with E-state index in [0.717, 1.165) is 12.1 Å². The number of piperidine rings is 1. The number of rotatable bonds is 7. The average molecular weight is 517 g/mol. The van der Waals surface area contributed by atoms with Gasteiger partial charge in [-0.1, -0.05) is 17.7 Å². The number of pyridine rings is 1. The largest absolute Gasteiger partial charge is 0.489 e. The van der Waals surface area contributed by atoms with Gasteiger partial charge in [0.2, 0.25) is 5.91 Å². The highest BCUT2D eigenvalue weighted by atomic mass is 35.5. The van der Waals surface area contributed by atoms with E-state index in [1.54, 1.807) is 31.0 Å². The highest BCUT2D eigenvalue weighted by molar-refractivity contribution is 6.30. The van der Waals surface area contributed by atoms with Crippen molar-refractivity contribution in [2.75, 3.05) is 19.7 Å². The van der Waals surface area contributed by atoms with Gasteiger partial charge in [0.25, 0.3) is 0 Å². The molecular formula is C26H27ClF2N4O3. The number of amides is 1. The van der Waals surface area contributed by atoms with Crippen molar-refractivity contribution >= 4 is 17.5 Å². The average Bonchev–Trinajstić information content (AvgIpc) is 2.85. The second kappa shape index (κ2) is 10.8. The van der Waals surface area contributed by atoms with Crippen molar-refractivity contribution in [2.24, 2.45) is 0 Å². The molecule has 1 fully saturated rings. The van der Waals surface area contributed by atoms with Crippen LogP contribution in [0.5, 0.6) is 5.75 Å². The summed E-state index contributed by atoms with van der Waals surface area (Å²) in [5, 5.41) is 11.7. The zero-order valence-corrected chi connectivity index (χ0v) is 20.8. The smallest absolute Gasteiger partial charge is 0.227 e. The Morgan fingerprint density at radius 3 is 2.58 bits per heavy atom. The SMILES string of the molecule is Cc1ncc(C(C)(O)COc2cncc(Cl)c2)c(C2CCN(C(=O)Cc3c(F)cccc3F)CC2)n1. The lowest BCUT2D eigenvalue weighted by molar-refractivity contribution is -0.131. The summed E-state index contributed by atoms with van der Waals surface area (Å²) < 4.78 is 33.7. The first kappa shape index (κ1) is 25.9. The van der Waals surface area contributed by atoms with Crippen molar-refractivity contribution in [1.82, 2.24) is 19.9 Å². The number of hydrogen-bond donors (Lipinski definition) is 1. The monoisotopic (exact) mass is 516 g/mol. The van der Waals surface area contributed by atoms with Crippen molar-refractivity contribution in [3.8, 4) is 5.75 Å². The van der Waals surface area contributed by atoms with Gasteiger partial charge >= 0.3 is 0 Å². The third kappa shape index (κ3) is 5.96. The maximum atomic E-state index is 14.0. The lowest BCUT2D eigenvalue weighted by Crippen LogP contribution is -2.40. The molecule has 3 heterocycles. The lowest BCUT2D eigenvalue weighted by atomic mass is 9.85. The van der Waals surface area contributed by atoms with Crippen molar-refractivity contribution in [3.63, 3.8) is 0 Å². The Balaban J connectivity index is 1.45. The standard InChI is InChI=1S/C26H27ClF2N4O3/c1-16-31-14-21(26(2,35)15-36-19-10-18(27)12-30-13-19)25(32-16)17-6-8-33(9-7-17)24(34)11-20-22(28)4-3-5-23(20)29/h3-5,10,12-14,17,35H,6-9,11,15H2,1-2H3. The molecule has 190 valence electrons. The molecule has 0 aliphatic carbocycles. The summed E-state index contributed by atoms with van der Waals surface area (Å²) in [5.74, 6) is -0.814. The number of carbonyl (C=O) groups excluding carboxylic acids is 1. The second-order valence-electron chi connectivity index (χ2n) is 9.15. The van der Waals surface area contributed by atoms with Gasteiger partial charge in [-0.2, -0.15) is 0 Å². The van der Waals surface area contributed by atoms with Crippen LogP contribution in [-0.2, 0) is 16.8 Å². The maximum absolute atomic E-state index is 14.0. The van der Waals surface area contributed by atoms with Gasteiger partial charge in [0, 0.05) is 48.6 Å². The molecule has 4 rings (SSSR count). The van der Waals surface area contributed by atoms with Crippen LogP contribution < -0.4 is 4.74 Å². The number of carbonyl (C=O) groups is 1. The topological polar surface area (TPSA) is 88.4 Å². The first-order valence-electron chi connectivity index (χ1n) is 11.6. The fourth-order valence-electron chi connectivity index (χ4n) is 4.35. The molecule has 2 aromatic heterocycles. The molecule has 10 heteroatoms. The summed E-state index contributed by atoms with van der Waals surface area (Å²) in [6.07, 6.45) is 5.45. The van der Waals surface area contributed by atoms with Gasteiger partial charge in [0.05, 0.1) is 23.3 Å². The minimum absolute atomic E-state index is 0.0322. The van der Waals surface area contributed by atoms with Crippen LogP contribution in [0.3, 0.4) is 0 Å². The van der Waals surface area contributed by atoms with E-state index in [-0.39, 0.29) is 30.4 Å². The predicted octanol–water partition coefficient (Wildman–Crippen LogP) is 4.35. The number of aryl methyl sites for hydroxylation is 1. The number of aliphatic hydroxyl groups is 1. The van der Waals surface area contributed by atoms with Gasteiger partial charge in [-0.05, 0) is 38.8 Å². The summed E-state index contributed by atoms with van der Waals surface area (Å²) >= 11 is 5.96. The van der Waals surface area contributed by atoms with Crippen LogP contribution in [0.1, 0.15) is 48.3 Å². The fourth-order valence-corrected chi connectivity index (χ4v) is 4.52. The maximum Gasteiger partial charge on any atom is 0.227 e. The van der Waals surface area contributed by atoms with E-state index in [0.29, 0.717) is 53.8 Å². The summed E-state index contributed by atoms with van der Waals surface area (Å²) in [5.41, 5.74) is -0.376. The Morgan fingerprint density at radius 1 is 1.22 bits per heavy atom. The zero-order valence-electron chi connectivity index (χ0n) is 20.0. The minimum atomic E-state index is -1.40. The van der Waals surface area contributed by atoms with Gasteiger partial charge in [0.15, 0.2) is 0 Å². The molecule has 7 nitrogen and oxygen atoms in total. The van der Waals surface area contributed by atoms with Crippen LogP contribution in [0, 0.1) is 18.6 Å². The summed E-state index contributed by atoms with van der Waals surface area (Å²) in [6, 6.07) is 5.18. The number of ether oxygens (including phenoxy) is 1. The molecule has 1 saturated heterocycles. The number of halogens is 3. The second-order valence-corrected chi connectivity index (χ2v) is 9.59. The molecule has 1 aliphatic heterocycles. The number of benzene rings is 1. The van der Waals surface area contributed by atoms with E-state index in [9.17, 15) is 18.7 Å². The Labute approximate surface area is 213 Å². The molecule has 0 spiro atoms. The Kier molecular flexibility index (Phi) is 7.80. The van der Waals surface area contributed by atoms with Gasteiger partial charge < -0.3 is 14.7 Å². The molecule has 1 amide bonds. The third-order valence-electron chi connectivity index (χ3n) is 6.34. The summed E-state index contributed by atoms with van der Waals surface area (Å²) in [4.78, 5) is 27.2.